The van der Waals surface area contributed by atoms with E-state index in [0.717, 1.165) is 51.4 Å². The Kier molecular flexibility index (Phi) is 3.30. The number of aliphatic hydroxyl groups is 2. The number of hydrogen-bond donors (Lipinski definition) is 2. The van der Waals surface area contributed by atoms with Gasteiger partial charge in [-0.15, -0.1) is 0 Å². The molecule has 0 aromatic carbocycles. The van der Waals surface area contributed by atoms with E-state index >= 15 is 0 Å². The Balaban J connectivity index is 1.69. The van der Waals surface area contributed by atoms with Crippen molar-refractivity contribution in [1.82, 2.24) is 0 Å². The molecule has 0 amide bonds. The number of Topliss-reactive ketones (excluding diaryl/α,β-unsaturated/α-hetero) is 1. The maximum absolute atomic E-state index is 12.4. The molecule has 2 N–H and O–H groups in total. The van der Waals surface area contributed by atoms with Crippen LogP contribution in [0, 0.1) is 34.5 Å². The zero-order chi connectivity index (χ0) is 15.7. The summed E-state index contributed by atoms with van der Waals surface area (Å²) in [6.45, 7) is 4.50. The molecular weight excluding hydrogens is 276 g/mol. The van der Waals surface area contributed by atoms with Gasteiger partial charge in [0.1, 0.15) is 5.78 Å². The number of fused-ring (bicyclic) bond motifs is 5. The first-order valence-electron chi connectivity index (χ1n) is 9.25. The molecule has 4 rings (SSSR count). The van der Waals surface area contributed by atoms with E-state index in [1.54, 1.807) is 0 Å². The lowest BCUT2D eigenvalue weighted by molar-refractivity contribution is -0.171. The first-order chi connectivity index (χ1) is 10.4. The van der Waals surface area contributed by atoms with E-state index in [9.17, 15) is 15.0 Å². The van der Waals surface area contributed by atoms with Crippen LogP contribution in [0.1, 0.15) is 65.2 Å². The van der Waals surface area contributed by atoms with Crippen LogP contribution >= 0.6 is 0 Å². The van der Waals surface area contributed by atoms with Crippen LogP contribution in [-0.4, -0.2) is 28.2 Å². The van der Waals surface area contributed by atoms with E-state index in [1.165, 1.54) is 0 Å². The third-order valence-electron chi connectivity index (χ3n) is 8.30. The predicted molar refractivity (Wildman–Crippen MR) is 84.1 cm³/mol. The van der Waals surface area contributed by atoms with Crippen LogP contribution < -0.4 is 0 Å². The van der Waals surface area contributed by atoms with E-state index in [2.05, 4.69) is 13.8 Å². The number of aliphatic hydroxyl groups excluding tert-OH is 2. The molecule has 4 saturated carbocycles. The number of hydrogen-bond acceptors (Lipinski definition) is 3. The van der Waals surface area contributed by atoms with Crippen molar-refractivity contribution < 1.29 is 15.0 Å². The van der Waals surface area contributed by atoms with Gasteiger partial charge in [0.25, 0.3) is 0 Å². The molecule has 22 heavy (non-hydrogen) atoms. The highest BCUT2D eigenvalue weighted by Crippen LogP contribution is 2.65. The van der Waals surface area contributed by atoms with Gasteiger partial charge >= 0.3 is 0 Å². The molecule has 8 atom stereocenters. The van der Waals surface area contributed by atoms with Crippen molar-refractivity contribution in [3.63, 3.8) is 0 Å². The molecule has 3 heteroatoms. The highest BCUT2D eigenvalue weighted by Gasteiger charge is 2.62. The molecule has 0 aliphatic heterocycles. The number of carbonyl (C=O) groups is 1. The molecule has 0 aromatic heterocycles. The summed E-state index contributed by atoms with van der Waals surface area (Å²) in [5.74, 6) is 2.33. The summed E-state index contributed by atoms with van der Waals surface area (Å²) in [5, 5.41) is 21.0. The van der Waals surface area contributed by atoms with Crippen LogP contribution in [0.4, 0.5) is 0 Å². The maximum atomic E-state index is 12.4. The van der Waals surface area contributed by atoms with E-state index in [0.29, 0.717) is 29.5 Å². The van der Waals surface area contributed by atoms with Crippen molar-refractivity contribution >= 4 is 5.78 Å². The van der Waals surface area contributed by atoms with Crippen molar-refractivity contribution in [2.75, 3.05) is 0 Å². The zero-order valence-corrected chi connectivity index (χ0v) is 13.9. The molecule has 8 unspecified atom stereocenters. The Morgan fingerprint density at radius 2 is 1.77 bits per heavy atom. The van der Waals surface area contributed by atoms with Crippen molar-refractivity contribution in [2.24, 2.45) is 34.5 Å². The molecule has 3 nitrogen and oxygen atoms in total. The van der Waals surface area contributed by atoms with Gasteiger partial charge in [-0.05, 0) is 74.0 Å². The molecular formula is C19H30O3. The van der Waals surface area contributed by atoms with Crippen LogP contribution in [0.5, 0.6) is 0 Å². The van der Waals surface area contributed by atoms with Crippen molar-refractivity contribution in [1.29, 1.82) is 0 Å². The molecule has 0 radical (unpaired) electrons. The number of rotatable bonds is 0. The fourth-order valence-corrected chi connectivity index (χ4v) is 7.17. The minimum absolute atomic E-state index is 0.0625. The van der Waals surface area contributed by atoms with E-state index in [4.69, 9.17) is 0 Å². The van der Waals surface area contributed by atoms with Gasteiger partial charge in [-0.25, -0.2) is 0 Å². The van der Waals surface area contributed by atoms with Crippen LogP contribution in [-0.2, 0) is 4.79 Å². The average Bonchev–Trinajstić information content (AvgIpc) is 2.74. The molecule has 124 valence electrons. The summed E-state index contributed by atoms with van der Waals surface area (Å²) in [4.78, 5) is 12.4. The third-order valence-corrected chi connectivity index (χ3v) is 8.30. The van der Waals surface area contributed by atoms with Gasteiger partial charge in [-0.1, -0.05) is 13.8 Å². The quantitative estimate of drug-likeness (QED) is 0.723. The Morgan fingerprint density at radius 3 is 2.55 bits per heavy atom. The average molecular weight is 306 g/mol. The molecule has 0 saturated heterocycles. The molecule has 0 bridgehead atoms. The molecule has 0 heterocycles. The summed E-state index contributed by atoms with van der Waals surface area (Å²) in [6.07, 6.45) is 6.97. The summed E-state index contributed by atoms with van der Waals surface area (Å²) >= 11 is 0. The lowest BCUT2D eigenvalue weighted by Gasteiger charge is -2.61. The van der Waals surface area contributed by atoms with Crippen LogP contribution in [0.2, 0.25) is 0 Å². The van der Waals surface area contributed by atoms with Gasteiger partial charge in [-0.3, -0.25) is 4.79 Å². The Labute approximate surface area is 133 Å². The van der Waals surface area contributed by atoms with Crippen LogP contribution in [0.3, 0.4) is 0 Å². The van der Waals surface area contributed by atoms with E-state index < -0.39 is 0 Å². The number of ketones is 1. The monoisotopic (exact) mass is 306 g/mol. The second-order valence-electron chi connectivity index (χ2n) is 9.15. The molecule has 4 aliphatic rings. The topological polar surface area (TPSA) is 57.5 Å². The smallest absolute Gasteiger partial charge is 0.139 e. The minimum Gasteiger partial charge on any atom is -0.393 e. The Hall–Kier alpha value is -0.410. The normalized spacial score (nSPS) is 57.9. The highest BCUT2D eigenvalue weighted by atomic mass is 16.3. The molecule has 4 aliphatic carbocycles. The van der Waals surface area contributed by atoms with Gasteiger partial charge in [0.2, 0.25) is 0 Å². The van der Waals surface area contributed by atoms with Crippen molar-refractivity contribution in [3.05, 3.63) is 0 Å². The van der Waals surface area contributed by atoms with Crippen molar-refractivity contribution in [2.45, 2.75) is 77.4 Å². The fourth-order valence-electron chi connectivity index (χ4n) is 7.17. The minimum atomic E-state index is -0.239. The SMILES string of the molecule is CC12CCC3C(CC(O)C4CCC(O)CC43C)C1CCC2=O. The molecule has 0 aromatic rings. The Bertz CT molecular complexity index is 489. The fraction of sp³-hybridized carbons (Fsp3) is 0.947. The molecule has 4 fully saturated rings. The maximum Gasteiger partial charge on any atom is 0.139 e. The van der Waals surface area contributed by atoms with Gasteiger partial charge in [0, 0.05) is 11.8 Å². The lowest BCUT2D eigenvalue weighted by atomic mass is 9.44. The summed E-state index contributed by atoms with van der Waals surface area (Å²) in [7, 11) is 0. The highest BCUT2D eigenvalue weighted by molar-refractivity contribution is 5.87. The predicted octanol–water partition coefficient (Wildman–Crippen LogP) is 2.93. The number of carbonyl (C=O) groups excluding carboxylic acids is 1. The molecule has 0 spiro atoms. The standard InChI is InChI=1S/C19H30O3/c1-18-8-7-14-12(13(18)5-6-17(18)22)9-16(21)15-4-3-11(20)10-19(14,15)2/h11-16,20-21H,3-10H2,1-2H3. The van der Waals surface area contributed by atoms with Crippen LogP contribution in [0.25, 0.3) is 0 Å². The third kappa shape index (κ3) is 1.84. The second-order valence-corrected chi connectivity index (χ2v) is 9.15. The summed E-state index contributed by atoms with van der Waals surface area (Å²) in [5.41, 5.74) is -0.0651. The lowest BCUT2D eigenvalue weighted by Crippen LogP contribution is -2.58. The summed E-state index contributed by atoms with van der Waals surface area (Å²) < 4.78 is 0. The van der Waals surface area contributed by atoms with Gasteiger partial charge in [-0.2, -0.15) is 0 Å². The van der Waals surface area contributed by atoms with Gasteiger partial charge < -0.3 is 10.2 Å². The summed E-state index contributed by atoms with van der Waals surface area (Å²) in [6, 6.07) is 0. The second kappa shape index (κ2) is 4.80. The van der Waals surface area contributed by atoms with E-state index in [1.807, 2.05) is 0 Å². The largest absolute Gasteiger partial charge is 0.393 e. The van der Waals surface area contributed by atoms with Crippen molar-refractivity contribution in [3.8, 4) is 0 Å². The van der Waals surface area contributed by atoms with Gasteiger partial charge in [0.15, 0.2) is 0 Å². The van der Waals surface area contributed by atoms with Gasteiger partial charge in [0.05, 0.1) is 12.2 Å². The van der Waals surface area contributed by atoms with Crippen LogP contribution in [0.15, 0.2) is 0 Å². The first kappa shape index (κ1) is 15.1. The van der Waals surface area contributed by atoms with E-state index in [-0.39, 0.29) is 23.0 Å². The first-order valence-corrected chi connectivity index (χ1v) is 9.25. The zero-order valence-electron chi connectivity index (χ0n) is 13.9. The Morgan fingerprint density at radius 1 is 1.00 bits per heavy atom.